The number of carbonyl (C=O) groups excluding carboxylic acids is 1. The summed E-state index contributed by atoms with van der Waals surface area (Å²) < 4.78 is 5.95. The molecule has 0 fully saturated rings. The van der Waals surface area contributed by atoms with Crippen LogP contribution < -0.4 is 5.73 Å². The number of amides is 1. The molecule has 6 nitrogen and oxygen atoms in total. The van der Waals surface area contributed by atoms with Gasteiger partial charge in [0.1, 0.15) is 11.0 Å². The molecule has 4 heterocycles. The summed E-state index contributed by atoms with van der Waals surface area (Å²) in [5, 5.41) is 6.49. The number of hydrogen-bond donors (Lipinski definition) is 2. The summed E-state index contributed by atoms with van der Waals surface area (Å²) in [5.41, 5.74) is 9.50. The van der Waals surface area contributed by atoms with Gasteiger partial charge in [-0.1, -0.05) is 0 Å². The van der Waals surface area contributed by atoms with Crippen LogP contribution in [0.2, 0.25) is 0 Å². The Bertz CT molecular complexity index is 703. The van der Waals surface area contributed by atoms with Crippen LogP contribution in [0.15, 0.2) is 34.3 Å². The first kappa shape index (κ1) is 12.8. The second-order valence-corrected chi connectivity index (χ2v) is 6.20. The number of allylic oxidation sites excluding steroid dienone is 1. The lowest BCUT2D eigenvalue weighted by molar-refractivity contribution is -0.116. The van der Waals surface area contributed by atoms with Crippen molar-refractivity contribution >= 4 is 28.3 Å². The third-order valence-corrected chi connectivity index (χ3v) is 5.19. The highest BCUT2D eigenvalue weighted by atomic mass is 32.2. The highest BCUT2D eigenvalue weighted by molar-refractivity contribution is 8.10. The van der Waals surface area contributed by atoms with E-state index >= 15 is 0 Å². The fourth-order valence-corrected chi connectivity index (χ4v) is 4.22. The maximum atomic E-state index is 12.3. The molecular weight excluding hydrogens is 288 g/mol. The smallest absolute Gasteiger partial charge is 0.264 e. The number of H-pyrrole nitrogens is 1. The highest BCUT2D eigenvalue weighted by Gasteiger charge is 2.43. The average molecular weight is 302 g/mol. The normalized spacial score (nSPS) is 24.7. The van der Waals surface area contributed by atoms with Crippen molar-refractivity contribution in [1.82, 2.24) is 10.2 Å². The lowest BCUT2D eigenvalue weighted by Gasteiger charge is -2.20. The SMILES string of the molecule is NCC1=NC(=O)C2SC(c3cn[nH]c3)=C3OCCCC1=C32. The Hall–Kier alpha value is -1.86. The lowest BCUT2D eigenvalue weighted by Crippen LogP contribution is -2.29. The van der Waals surface area contributed by atoms with Gasteiger partial charge in [0.25, 0.3) is 5.91 Å². The molecule has 3 aliphatic rings. The number of nitrogens with zero attached hydrogens (tertiary/aromatic N) is 2. The van der Waals surface area contributed by atoms with Gasteiger partial charge >= 0.3 is 0 Å². The van der Waals surface area contributed by atoms with Gasteiger partial charge in [0, 0.05) is 23.9 Å². The molecule has 1 atom stereocenters. The summed E-state index contributed by atoms with van der Waals surface area (Å²) in [6.45, 7) is 0.930. The van der Waals surface area contributed by atoms with Gasteiger partial charge in [-0.05, 0) is 18.4 Å². The van der Waals surface area contributed by atoms with Gasteiger partial charge in [0.2, 0.25) is 0 Å². The van der Waals surface area contributed by atoms with E-state index in [1.807, 2.05) is 6.20 Å². The Balaban J connectivity index is 1.92. The van der Waals surface area contributed by atoms with Crippen molar-refractivity contribution in [3.8, 4) is 0 Å². The molecule has 3 aliphatic heterocycles. The Morgan fingerprint density at radius 1 is 1.52 bits per heavy atom. The Morgan fingerprint density at radius 2 is 2.43 bits per heavy atom. The molecule has 0 saturated carbocycles. The zero-order valence-corrected chi connectivity index (χ0v) is 12.1. The Morgan fingerprint density at radius 3 is 3.19 bits per heavy atom. The molecule has 108 valence electrons. The van der Waals surface area contributed by atoms with Gasteiger partial charge in [0.15, 0.2) is 0 Å². The van der Waals surface area contributed by atoms with Crippen LogP contribution in [0.5, 0.6) is 0 Å². The van der Waals surface area contributed by atoms with E-state index in [9.17, 15) is 4.79 Å². The fourth-order valence-electron chi connectivity index (χ4n) is 2.94. The molecule has 0 radical (unpaired) electrons. The Kier molecular flexibility index (Phi) is 2.97. The number of carbonyl (C=O) groups is 1. The van der Waals surface area contributed by atoms with E-state index < -0.39 is 0 Å². The van der Waals surface area contributed by atoms with Crippen molar-refractivity contribution in [1.29, 1.82) is 0 Å². The minimum atomic E-state index is -0.298. The standard InChI is InChI=1S/C14H14N4O2S/c15-4-9-8-2-1-3-20-11-10(8)13(14(19)18-9)21-12(11)7-5-16-17-6-7/h5-6,13H,1-4,15H2,(H,16,17). The van der Waals surface area contributed by atoms with Crippen LogP contribution in [-0.4, -0.2) is 40.2 Å². The van der Waals surface area contributed by atoms with Gasteiger partial charge < -0.3 is 10.5 Å². The molecule has 1 amide bonds. The number of dihydropyridines is 1. The molecule has 0 aromatic carbocycles. The number of hydrogen-bond acceptors (Lipinski definition) is 5. The molecule has 0 saturated heterocycles. The van der Waals surface area contributed by atoms with E-state index in [2.05, 4.69) is 15.2 Å². The van der Waals surface area contributed by atoms with Crippen LogP contribution >= 0.6 is 11.8 Å². The number of rotatable bonds is 2. The molecule has 4 rings (SSSR count). The zero-order valence-electron chi connectivity index (χ0n) is 11.3. The molecule has 0 spiro atoms. The van der Waals surface area contributed by atoms with Crippen molar-refractivity contribution in [2.24, 2.45) is 10.7 Å². The van der Waals surface area contributed by atoms with Crippen LogP contribution in [0.1, 0.15) is 18.4 Å². The molecule has 0 bridgehead atoms. The lowest BCUT2D eigenvalue weighted by atomic mass is 9.92. The van der Waals surface area contributed by atoms with Gasteiger partial charge in [-0.2, -0.15) is 5.10 Å². The second-order valence-electron chi connectivity index (χ2n) is 5.09. The monoisotopic (exact) mass is 302 g/mol. The van der Waals surface area contributed by atoms with Gasteiger partial charge in [-0.25, -0.2) is 4.99 Å². The Labute approximate surface area is 125 Å². The fraction of sp³-hybridized carbons (Fsp3) is 0.357. The number of nitrogens with one attached hydrogen (secondary N) is 1. The number of nitrogens with two attached hydrogens (primary N) is 1. The van der Waals surface area contributed by atoms with Crippen LogP contribution in [-0.2, 0) is 9.53 Å². The number of aromatic amines is 1. The molecule has 1 aromatic heterocycles. The van der Waals surface area contributed by atoms with E-state index in [4.69, 9.17) is 10.5 Å². The molecular formula is C14H14N4O2S. The van der Waals surface area contributed by atoms with E-state index in [0.29, 0.717) is 12.3 Å². The van der Waals surface area contributed by atoms with Crippen LogP contribution in [0.3, 0.4) is 0 Å². The number of thioether (sulfide) groups is 1. The topological polar surface area (TPSA) is 93.4 Å². The highest BCUT2D eigenvalue weighted by Crippen LogP contribution is 2.51. The largest absolute Gasteiger partial charge is 0.492 e. The summed E-state index contributed by atoms with van der Waals surface area (Å²) in [6.07, 6.45) is 5.33. The molecule has 1 unspecified atom stereocenters. The minimum Gasteiger partial charge on any atom is -0.492 e. The molecule has 3 N–H and O–H groups in total. The zero-order chi connectivity index (χ0) is 14.4. The van der Waals surface area contributed by atoms with Crippen LogP contribution in [0, 0.1) is 0 Å². The maximum Gasteiger partial charge on any atom is 0.264 e. The summed E-state index contributed by atoms with van der Waals surface area (Å²) in [5.74, 6) is 0.675. The van der Waals surface area contributed by atoms with Crippen molar-refractivity contribution in [3.63, 3.8) is 0 Å². The number of ether oxygens (including phenoxy) is 1. The quantitative estimate of drug-likeness (QED) is 0.857. The molecule has 7 heteroatoms. The summed E-state index contributed by atoms with van der Waals surface area (Å²) >= 11 is 1.50. The van der Waals surface area contributed by atoms with E-state index in [1.54, 1.807) is 6.20 Å². The number of aromatic nitrogens is 2. The van der Waals surface area contributed by atoms with E-state index in [0.717, 1.165) is 40.2 Å². The first-order valence-electron chi connectivity index (χ1n) is 6.87. The van der Waals surface area contributed by atoms with Crippen molar-refractivity contribution in [2.75, 3.05) is 13.2 Å². The third kappa shape index (κ3) is 1.88. The summed E-state index contributed by atoms with van der Waals surface area (Å²) in [4.78, 5) is 17.5. The first-order chi connectivity index (χ1) is 10.3. The van der Waals surface area contributed by atoms with Crippen LogP contribution in [0.4, 0.5) is 0 Å². The van der Waals surface area contributed by atoms with Crippen molar-refractivity contribution in [2.45, 2.75) is 18.1 Å². The third-order valence-electron chi connectivity index (χ3n) is 3.86. The average Bonchev–Trinajstić information content (AvgIpc) is 3.08. The maximum absolute atomic E-state index is 12.3. The first-order valence-corrected chi connectivity index (χ1v) is 7.75. The van der Waals surface area contributed by atoms with Crippen molar-refractivity contribution < 1.29 is 9.53 Å². The van der Waals surface area contributed by atoms with Crippen LogP contribution in [0.25, 0.3) is 4.91 Å². The predicted octanol–water partition coefficient (Wildman–Crippen LogP) is 1.24. The summed E-state index contributed by atoms with van der Waals surface area (Å²) in [6, 6.07) is 0. The molecule has 0 aliphatic carbocycles. The minimum absolute atomic E-state index is 0.138. The molecule has 21 heavy (non-hydrogen) atoms. The van der Waals surface area contributed by atoms with E-state index in [-0.39, 0.29) is 17.7 Å². The van der Waals surface area contributed by atoms with Gasteiger partial charge in [0.05, 0.1) is 23.4 Å². The van der Waals surface area contributed by atoms with E-state index in [1.165, 1.54) is 11.8 Å². The summed E-state index contributed by atoms with van der Waals surface area (Å²) in [7, 11) is 0. The van der Waals surface area contributed by atoms with Crippen molar-refractivity contribution in [3.05, 3.63) is 34.9 Å². The predicted molar refractivity (Wildman–Crippen MR) is 80.6 cm³/mol. The number of aliphatic imine (C=N–C) groups is 1. The second kappa shape index (κ2) is 4.85. The van der Waals surface area contributed by atoms with Gasteiger partial charge in [-0.3, -0.25) is 9.89 Å². The van der Waals surface area contributed by atoms with Gasteiger partial charge in [-0.15, -0.1) is 11.8 Å². The molecule has 1 aromatic rings.